The van der Waals surface area contributed by atoms with Gasteiger partial charge >= 0.3 is 5.97 Å². The van der Waals surface area contributed by atoms with Crippen molar-refractivity contribution in [1.29, 1.82) is 0 Å². The normalized spacial score (nSPS) is 17.4. The maximum atomic E-state index is 13.8. The van der Waals surface area contributed by atoms with Gasteiger partial charge in [-0.3, -0.25) is 19.2 Å². The fraction of sp³-hybridized carbons (Fsp3) is 0.438. The number of nitrogens with zero attached hydrogens (tertiary/aromatic N) is 2. The predicted molar refractivity (Wildman–Crippen MR) is 161 cm³/mol. The second-order valence-electron chi connectivity index (χ2n) is 10.6. The molecule has 3 rings (SSSR count). The Morgan fingerprint density at radius 1 is 1.12 bits per heavy atom. The molecule has 0 saturated heterocycles. The third-order valence-corrected chi connectivity index (χ3v) is 7.47. The lowest BCUT2D eigenvalue weighted by Gasteiger charge is -2.28. The highest BCUT2D eigenvalue weighted by Gasteiger charge is 2.52. The number of benzene rings is 2. The number of anilines is 2. The molecule has 0 aromatic heterocycles. The van der Waals surface area contributed by atoms with Gasteiger partial charge in [0.25, 0.3) is 11.8 Å². The molecule has 2 aromatic carbocycles. The Bertz CT molecular complexity index is 1310. The molecule has 0 fully saturated rings. The highest BCUT2D eigenvalue weighted by atomic mass is 16.5. The number of unbranched alkanes of at least 4 members (excludes halogenated alkanes) is 1. The van der Waals surface area contributed by atoms with Gasteiger partial charge in [0, 0.05) is 49.6 Å². The molecule has 4 N–H and O–H groups in total. The summed E-state index contributed by atoms with van der Waals surface area (Å²) < 4.78 is 4.68. The number of methoxy groups -OCH3 is 1. The standard InChI is InChI=1S/C32H41N3O8/c1-22(10-9-13-28(38)34(18-19-36)21-24-11-5-4-6-12-24)32(42)26-20-25(33-30(40)23(2)37)15-16-27(26)35(31(32)41)17-8-7-14-29(39)43-3/h4-6,9-12,15-16,20,22-23,36-37,42H,7-8,13-14,17-19,21H2,1-3H3,(H,33,40)/b10-9+/t22-,23+,32+/m1/s1. The molecule has 0 saturated carbocycles. The van der Waals surface area contributed by atoms with Crippen LogP contribution in [0.25, 0.3) is 0 Å². The maximum absolute atomic E-state index is 13.8. The Hall–Kier alpha value is -4.06. The van der Waals surface area contributed by atoms with E-state index in [1.165, 1.54) is 25.0 Å². The summed E-state index contributed by atoms with van der Waals surface area (Å²) in [6.07, 6.45) is 3.12. The Morgan fingerprint density at radius 2 is 1.84 bits per heavy atom. The molecule has 0 radical (unpaired) electrons. The molecule has 43 heavy (non-hydrogen) atoms. The molecule has 11 nitrogen and oxygen atoms in total. The number of fused-ring (bicyclic) bond motifs is 1. The fourth-order valence-electron chi connectivity index (χ4n) is 4.99. The number of aliphatic hydroxyl groups excluding tert-OH is 2. The first-order valence-electron chi connectivity index (χ1n) is 14.4. The van der Waals surface area contributed by atoms with Gasteiger partial charge in [0.1, 0.15) is 6.10 Å². The third kappa shape index (κ3) is 8.28. The van der Waals surface area contributed by atoms with E-state index in [1.54, 1.807) is 36.1 Å². The summed E-state index contributed by atoms with van der Waals surface area (Å²) in [5, 5.41) is 33.6. The molecule has 1 aliphatic heterocycles. The number of amides is 3. The highest BCUT2D eigenvalue weighted by molar-refractivity contribution is 6.08. The van der Waals surface area contributed by atoms with Crippen LogP contribution in [0, 0.1) is 5.92 Å². The lowest BCUT2D eigenvalue weighted by atomic mass is 9.82. The van der Waals surface area contributed by atoms with Crippen molar-refractivity contribution in [1.82, 2.24) is 4.90 Å². The van der Waals surface area contributed by atoms with Crippen LogP contribution in [0.4, 0.5) is 11.4 Å². The summed E-state index contributed by atoms with van der Waals surface area (Å²) in [6.45, 7) is 3.56. The number of esters is 1. The fourth-order valence-corrected chi connectivity index (χ4v) is 4.99. The minimum absolute atomic E-state index is 0.00394. The van der Waals surface area contributed by atoms with Crippen LogP contribution in [-0.4, -0.2) is 76.8 Å². The van der Waals surface area contributed by atoms with Gasteiger partial charge in [0.15, 0.2) is 5.60 Å². The molecule has 11 heteroatoms. The number of hydrogen-bond donors (Lipinski definition) is 4. The smallest absolute Gasteiger partial charge is 0.305 e. The quantitative estimate of drug-likeness (QED) is 0.139. The zero-order valence-electron chi connectivity index (χ0n) is 24.9. The molecular formula is C32H41N3O8. The van der Waals surface area contributed by atoms with Crippen molar-refractivity contribution in [2.24, 2.45) is 5.92 Å². The van der Waals surface area contributed by atoms with E-state index >= 15 is 0 Å². The molecule has 1 heterocycles. The SMILES string of the molecule is COC(=O)CCCCN1C(=O)[C@](O)([C@H](C)/C=C/CC(=O)N(CCO)Cc2ccccc2)c2cc(NC(=O)[C@H](C)O)ccc21. The molecule has 0 spiro atoms. The van der Waals surface area contributed by atoms with E-state index in [0.29, 0.717) is 30.8 Å². The zero-order chi connectivity index (χ0) is 31.6. The van der Waals surface area contributed by atoms with Gasteiger partial charge < -0.3 is 35.2 Å². The monoisotopic (exact) mass is 595 g/mol. The molecule has 1 aliphatic rings. The van der Waals surface area contributed by atoms with E-state index < -0.39 is 29.4 Å². The van der Waals surface area contributed by atoms with Crippen molar-refractivity contribution in [3.05, 3.63) is 71.8 Å². The molecule has 3 atom stereocenters. The van der Waals surface area contributed by atoms with Gasteiger partial charge in [0.2, 0.25) is 5.91 Å². The molecule has 0 unspecified atom stereocenters. The summed E-state index contributed by atoms with van der Waals surface area (Å²) >= 11 is 0. The maximum Gasteiger partial charge on any atom is 0.305 e. The largest absolute Gasteiger partial charge is 0.469 e. The number of nitrogens with one attached hydrogen (secondary N) is 1. The van der Waals surface area contributed by atoms with Gasteiger partial charge in [-0.15, -0.1) is 0 Å². The van der Waals surface area contributed by atoms with E-state index in [9.17, 15) is 34.5 Å². The van der Waals surface area contributed by atoms with Crippen LogP contribution < -0.4 is 10.2 Å². The minimum Gasteiger partial charge on any atom is -0.469 e. The average molecular weight is 596 g/mol. The minimum atomic E-state index is -2.00. The first-order chi connectivity index (χ1) is 20.5. The van der Waals surface area contributed by atoms with Crippen molar-refractivity contribution in [2.75, 3.05) is 37.0 Å². The van der Waals surface area contributed by atoms with E-state index in [-0.39, 0.29) is 50.0 Å². The Labute approximate surface area is 251 Å². The molecule has 0 aliphatic carbocycles. The lowest BCUT2D eigenvalue weighted by molar-refractivity contribution is -0.140. The van der Waals surface area contributed by atoms with Crippen LogP contribution in [0.3, 0.4) is 0 Å². The third-order valence-electron chi connectivity index (χ3n) is 7.47. The number of hydrogen-bond acceptors (Lipinski definition) is 8. The number of rotatable bonds is 15. The van der Waals surface area contributed by atoms with Crippen molar-refractivity contribution in [3.63, 3.8) is 0 Å². The number of aliphatic hydroxyl groups is 3. The first-order valence-corrected chi connectivity index (χ1v) is 14.4. The molecule has 3 amide bonds. The molecule has 0 bridgehead atoms. The van der Waals surface area contributed by atoms with E-state index in [2.05, 4.69) is 10.1 Å². The molecule has 232 valence electrons. The van der Waals surface area contributed by atoms with E-state index in [1.807, 2.05) is 30.3 Å². The van der Waals surface area contributed by atoms with Crippen LogP contribution in [0.2, 0.25) is 0 Å². The van der Waals surface area contributed by atoms with Crippen molar-refractivity contribution < 1.29 is 39.2 Å². The van der Waals surface area contributed by atoms with Crippen LogP contribution in [0.1, 0.15) is 50.7 Å². The average Bonchev–Trinajstić information content (AvgIpc) is 3.21. The van der Waals surface area contributed by atoms with Gasteiger partial charge in [-0.05, 0) is 43.5 Å². The van der Waals surface area contributed by atoms with Crippen molar-refractivity contribution in [3.8, 4) is 0 Å². The lowest BCUT2D eigenvalue weighted by Crippen LogP contribution is -2.44. The second kappa shape index (κ2) is 15.4. The van der Waals surface area contributed by atoms with E-state index in [0.717, 1.165) is 5.56 Å². The Kier molecular flexibility index (Phi) is 12.0. The van der Waals surface area contributed by atoms with E-state index in [4.69, 9.17) is 0 Å². The van der Waals surface area contributed by atoms with Gasteiger partial charge in [-0.1, -0.05) is 49.4 Å². The van der Waals surface area contributed by atoms with Crippen LogP contribution in [0.5, 0.6) is 0 Å². The van der Waals surface area contributed by atoms with Crippen LogP contribution in [-0.2, 0) is 36.1 Å². The summed E-state index contributed by atoms with van der Waals surface area (Å²) in [6, 6.07) is 14.1. The first kappa shape index (κ1) is 33.4. The van der Waals surface area contributed by atoms with Crippen LogP contribution in [0.15, 0.2) is 60.7 Å². The van der Waals surface area contributed by atoms with Crippen LogP contribution >= 0.6 is 0 Å². The number of carbonyl (C=O) groups is 4. The highest BCUT2D eigenvalue weighted by Crippen LogP contribution is 2.46. The van der Waals surface area contributed by atoms with Gasteiger partial charge in [-0.2, -0.15) is 0 Å². The van der Waals surface area contributed by atoms with Crippen molar-refractivity contribution in [2.45, 2.75) is 57.8 Å². The predicted octanol–water partition coefficient (Wildman–Crippen LogP) is 2.49. The second-order valence-corrected chi connectivity index (χ2v) is 10.6. The summed E-state index contributed by atoms with van der Waals surface area (Å²) in [7, 11) is 1.31. The Morgan fingerprint density at radius 3 is 2.49 bits per heavy atom. The Balaban J connectivity index is 1.82. The summed E-state index contributed by atoms with van der Waals surface area (Å²) in [4.78, 5) is 53.4. The molecule has 2 aromatic rings. The summed E-state index contributed by atoms with van der Waals surface area (Å²) in [5.74, 6) is -2.54. The number of ether oxygens (including phenoxy) is 1. The topological polar surface area (TPSA) is 157 Å². The zero-order valence-corrected chi connectivity index (χ0v) is 24.9. The van der Waals surface area contributed by atoms with Crippen molar-refractivity contribution >= 4 is 35.1 Å². The summed E-state index contributed by atoms with van der Waals surface area (Å²) in [5.41, 5.74) is -0.0284. The number of carbonyl (C=O) groups excluding carboxylic acids is 4. The van der Waals surface area contributed by atoms with Gasteiger partial charge in [0.05, 0.1) is 19.4 Å². The molecular weight excluding hydrogens is 554 g/mol. The van der Waals surface area contributed by atoms with Gasteiger partial charge in [-0.25, -0.2) is 0 Å².